The predicted octanol–water partition coefficient (Wildman–Crippen LogP) is 4.19. The molecule has 0 unspecified atom stereocenters. The van der Waals surface area contributed by atoms with Gasteiger partial charge >= 0.3 is 0 Å². The van der Waals surface area contributed by atoms with Crippen molar-refractivity contribution in [1.29, 1.82) is 0 Å². The maximum absolute atomic E-state index is 4.55. The molecule has 86 valence electrons. The average molecular weight is 223 g/mol. The molecule has 0 saturated carbocycles. The van der Waals surface area contributed by atoms with E-state index in [2.05, 4.69) is 54.4 Å². The fraction of sp³-hybridized carbons (Fsp3) is 0.188. The normalized spacial score (nSPS) is 10.9. The molecule has 2 aromatic rings. The molecule has 0 fully saturated rings. The van der Waals surface area contributed by atoms with Gasteiger partial charge in [-0.15, -0.1) is 0 Å². The van der Waals surface area contributed by atoms with Crippen LogP contribution >= 0.6 is 0 Å². The number of aliphatic imine (C=N–C) groups is 1. The van der Waals surface area contributed by atoms with E-state index in [9.17, 15) is 0 Å². The summed E-state index contributed by atoms with van der Waals surface area (Å²) in [4.78, 5) is 4.55. The van der Waals surface area contributed by atoms with E-state index in [-0.39, 0.29) is 0 Å². The second-order valence-corrected chi connectivity index (χ2v) is 3.98. The van der Waals surface area contributed by atoms with Crippen LogP contribution in [0, 0.1) is 0 Å². The average Bonchev–Trinajstić information content (AvgIpc) is 2.40. The van der Waals surface area contributed by atoms with Crippen LogP contribution in [-0.2, 0) is 12.8 Å². The molecule has 0 aliphatic carbocycles. The third-order valence-electron chi connectivity index (χ3n) is 2.77. The van der Waals surface area contributed by atoms with Crippen LogP contribution in [0.1, 0.15) is 18.1 Å². The Balaban J connectivity index is 2.06. The van der Waals surface area contributed by atoms with Crippen LogP contribution in [0.25, 0.3) is 0 Å². The smallest absolute Gasteiger partial charge is 0.0657 e. The number of benzene rings is 2. The topological polar surface area (TPSA) is 12.4 Å². The Labute approximate surface area is 103 Å². The third kappa shape index (κ3) is 3.28. The summed E-state index contributed by atoms with van der Waals surface area (Å²) in [5, 5.41) is 0. The van der Waals surface area contributed by atoms with Crippen LogP contribution in [0.5, 0.6) is 0 Å². The number of rotatable bonds is 4. The summed E-state index contributed by atoms with van der Waals surface area (Å²) in [7, 11) is 0. The highest BCUT2D eigenvalue weighted by Crippen LogP contribution is 2.18. The van der Waals surface area contributed by atoms with E-state index in [0.717, 1.165) is 18.5 Å². The van der Waals surface area contributed by atoms with E-state index in [1.807, 2.05) is 18.3 Å². The van der Waals surface area contributed by atoms with Gasteiger partial charge in [0.15, 0.2) is 0 Å². The minimum absolute atomic E-state index is 0.888. The number of aryl methyl sites for hydroxylation is 1. The Bertz CT molecular complexity index is 486. The zero-order valence-corrected chi connectivity index (χ0v) is 10.1. The molecule has 1 nitrogen and oxygen atoms in total. The van der Waals surface area contributed by atoms with Crippen molar-refractivity contribution in [3.8, 4) is 0 Å². The summed E-state index contributed by atoms with van der Waals surface area (Å²) in [6, 6.07) is 18.7. The molecular weight excluding hydrogens is 206 g/mol. The zero-order chi connectivity index (χ0) is 11.9. The fourth-order valence-corrected chi connectivity index (χ4v) is 1.80. The molecular formula is C16H17N. The first-order valence-electron chi connectivity index (χ1n) is 6.04. The summed E-state index contributed by atoms with van der Waals surface area (Å²) in [5.41, 5.74) is 3.69. The van der Waals surface area contributed by atoms with Crippen LogP contribution < -0.4 is 0 Å². The van der Waals surface area contributed by atoms with Gasteiger partial charge in [0.25, 0.3) is 0 Å². The predicted molar refractivity (Wildman–Crippen MR) is 74.1 cm³/mol. The Morgan fingerprint density at radius 2 is 1.65 bits per heavy atom. The van der Waals surface area contributed by atoms with Gasteiger partial charge in [-0.05, 0) is 23.6 Å². The van der Waals surface area contributed by atoms with E-state index in [1.165, 1.54) is 11.1 Å². The molecule has 0 spiro atoms. The molecule has 0 radical (unpaired) electrons. The molecule has 0 bridgehead atoms. The molecule has 2 rings (SSSR count). The molecule has 1 heteroatoms. The van der Waals surface area contributed by atoms with Gasteiger partial charge in [-0.1, -0.05) is 55.5 Å². The van der Waals surface area contributed by atoms with Crippen LogP contribution in [0.2, 0.25) is 0 Å². The molecule has 0 saturated heterocycles. The van der Waals surface area contributed by atoms with Crippen molar-refractivity contribution in [2.75, 3.05) is 0 Å². The highest BCUT2D eigenvalue weighted by molar-refractivity contribution is 5.67. The highest BCUT2D eigenvalue weighted by Gasteiger charge is 1.95. The zero-order valence-electron chi connectivity index (χ0n) is 10.1. The number of para-hydroxylation sites is 1. The standard InChI is InChI=1S/C16H17N/c1-2-15-10-6-7-11-16(15)17-13-12-14-8-4-3-5-9-14/h3-11,13H,2,12H2,1H3. The summed E-state index contributed by atoms with van der Waals surface area (Å²) in [6.07, 6.45) is 3.90. The van der Waals surface area contributed by atoms with Crippen molar-refractivity contribution in [2.45, 2.75) is 19.8 Å². The lowest BCUT2D eigenvalue weighted by Gasteiger charge is -2.01. The Kier molecular flexibility index (Phi) is 4.09. The van der Waals surface area contributed by atoms with Crippen LogP contribution in [-0.4, -0.2) is 6.21 Å². The van der Waals surface area contributed by atoms with Crippen molar-refractivity contribution >= 4 is 11.9 Å². The molecule has 0 aliphatic heterocycles. The van der Waals surface area contributed by atoms with Gasteiger partial charge in [-0.2, -0.15) is 0 Å². The lowest BCUT2D eigenvalue weighted by Crippen LogP contribution is -1.86. The molecule has 17 heavy (non-hydrogen) atoms. The van der Waals surface area contributed by atoms with Gasteiger partial charge in [-0.25, -0.2) is 0 Å². The maximum atomic E-state index is 4.55. The molecule has 0 N–H and O–H groups in total. The lowest BCUT2D eigenvalue weighted by molar-refractivity contribution is 1.13. The van der Waals surface area contributed by atoms with Gasteiger partial charge in [0, 0.05) is 12.6 Å². The lowest BCUT2D eigenvalue weighted by atomic mass is 10.1. The fourth-order valence-electron chi connectivity index (χ4n) is 1.80. The number of hydrogen-bond acceptors (Lipinski definition) is 1. The summed E-state index contributed by atoms with van der Waals surface area (Å²) in [5.74, 6) is 0. The Morgan fingerprint density at radius 1 is 0.941 bits per heavy atom. The van der Waals surface area contributed by atoms with Gasteiger partial charge in [-0.3, -0.25) is 4.99 Å². The molecule has 0 amide bonds. The van der Waals surface area contributed by atoms with E-state index in [1.54, 1.807) is 0 Å². The van der Waals surface area contributed by atoms with Crippen LogP contribution in [0.4, 0.5) is 5.69 Å². The minimum atomic E-state index is 0.888. The van der Waals surface area contributed by atoms with E-state index in [4.69, 9.17) is 0 Å². The van der Waals surface area contributed by atoms with E-state index >= 15 is 0 Å². The first kappa shape index (κ1) is 11.6. The minimum Gasteiger partial charge on any atom is -0.261 e. The first-order chi connectivity index (χ1) is 8.40. The molecule has 0 atom stereocenters. The van der Waals surface area contributed by atoms with Gasteiger partial charge < -0.3 is 0 Å². The molecule has 0 aliphatic rings. The number of hydrogen-bond donors (Lipinski definition) is 0. The maximum Gasteiger partial charge on any atom is 0.0657 e. The monoisotopic (exact) mass is 223 g/mol. The quantitative estimate of drug-likeness (QED) is 0.689. The second kappa shape index (κ2) is 6.00. The van der Waals surface area contributed by atoms with Gasteiger partial charge in [0.05, 0.1) is 5.69 Å². The SMILES string of the molecule is CCc1ccccc1N=CCc1ccccc1. The van der Waals surface area contributed by atoms with Crippen molar-refractivity contribution < 1.29 is 0 Å². The Hall–Kier alpha value is -1.89. The van der Waals surface area contributed by atoms with Crippen molar-refractivity contribution in [1.82, 2.24) is 0 Å². The van der Waals surface area contributed by atoms with Crippen LogP contribution in [0.15, 0.2) is 59.6 Å². The summed E-state index contributed by atoms with van der Waals surface area (Å²) < 4.78 is 0. The van der Waals surface area contributed by atoms with Gasteiger partial charge in [0.2, 0.25) is 0 Å². The number of nitrogens with zero attached hydrogens (tertiary/aromatic N) is 1. The Morgan fingerprint density at radius 3 is 2.41 bits per heavy atom. The van der Waals surface area contributed by atoms with Crippen molar-refractivity contribution in [3.63, 3.8) is 0 Å². The summed E-state index contributed by atoms with van der Waals surface area (Å²) in [6.45, 7) is 2.16. The van der Waals surface area contributed by atoms with Crippen LogP contribution in [0.3, 0.4) is 0 Å². The summed E-state index contributed by atoms with van der Waals surface area (Å²) >= 11 is 0. The second-order valence-electron chi connectivity index (χ2n) is 3.98. The van der Waals surface area contributed by atoms with E-state index < -0.39 is 0 Å². The molecule has 0 aromatic heterocycles. The first-order valence-corrected chi connectivity index (χ1v) is 6.04. The molecule has 0 heterocycles. The third-order valence-corrected chi connectivity index (χ3v) is 2.77. The van der Waals surface area contributed by atoms with Crippen molar-refractivity contribution in [2.24, 2.45) is 4.99 Å². The highest BCUT2D eigenvalue weighted by atomic mass is 14.7. The van der Waals surface area contributed by atoms with Gasteiger partial charge in [0.1, 0.15) is 0 Å². The van der Waals surface area contributed by atoms with E-state index in [0.29, 0.717) is 0 Å². The van der Waals surface area contributed by atoms with Crippen molar-refractivity contribution in [3.05, 3.63) is 65.7 Å². The molecule has 2 aromatic carbocycles. The largest absolute Gasteiger partial charge is 0.261 e.